The van der Waals surface area contributed by atoms with E-state index in [2.05, 4.69) is 15.6 Å². The number of methoxy groups -OCH3 is 1. The highest BCUT2D eigenvalue weighted by Gasteiger charge is 2.12. The molecule has 0 aliphatic carbocycles. The molecule has 0 bridgehead atoms. The first-order chi connectivity index (χ1) is 14.5. The number of thiocarbonyl (C=S) groups is 1. The van der Waals surface area contributed by atoms with Crippen molar-refractivity contribution in [2.45, 2.75) is 0 Å². The third kappa shape index (κ3) is 4.27. The van der Waals surface area contributed by atoms with E-state index in [1.54, 1.807) is 61.7 Å². The molecule has 2 N–H and O–H groups in total. The number of rotatable bonds is 4. The van der Waals surface area contributed by atoms with E-state index in [1.807, 2.05) is 12.1 Å². The molecule has 0 radical (unpaired) electrons. The van der Waals surface area contributed by atoms with E-state index >= 15 is 0 Å². The van der Waals surface area contributed by atoms with E-state index in [-0.39, 0.29) is 11.0 Å². The molecule has 4 aromatic rings. The first-order valence-corrected chi connectivity index (χ1v) is 9.74. The van der Waals surface area contributed by atoms with E-state index in [0.717, 1.165) is 5.56 Å². The number of aromatic nitrogens is 1. The van der Waals surface area contributed by atoms with E-state index in [9.17, 15) is 4.79 Å². The maximum absolute atomic E-state index is 12.2. The molecule has 6 nitrogen and oxygen atoms in total. The van der Waals surface area contributed by atoms with Crippen molar-refractivity contribution in [1.29, 1.82) is 0 Å². The minimum Gasteiger partial charge on any atom is -0.495 e. The normalized spacial score (nSPS) is 10.6. The number of amides is 1. The quantitative estimate of drug-likeness (QED) is 0.423. The summed E-state index contributed by atoms with van der Waals surface area (Å²) in [6.45, 7) is 0. The average molecular weight is 438 g/mol. The lowest BCUT2D eigenvalue weighted by atomic mass is 10.2. The second-order valence-corrected chi connectivity index (χ2v) is 7.14. The summed E-state index contributed by atoms with van der Waals surface area (Å²) in [5.74, 6) is 0.732. The van der Waals surface area contributed by atoms with Crippen molar-refractivity contribution in [1.82, 2.24) is 10.3 Å². The second-order valence-electron chi connectivity index (χ2n) is 6.33. The number of hydrogen-bond acceptors (Lipinski definition) is 5. The number of benzene rings is 3. The number of carbonyl (C=O) groups is 1. The Balaban J connectivity index is 1.50. The average Bonchev–Trinajstić information content (AvgIpc) is 3.17. The molecule has 1 amide bonds. The number of carbonyl (C=O) groups excluding carboxylic acids is 1. The van der Waals surface area contributed by atoms with Crippen LogP contribution in [0.2, 0.25) is 5.02 Å². The molecular formula is C22H16ClN3O3S. The van der Waals surface area contributed by atoms with Crippen molar-refractivity contribution >= 4 is 51.6 Å². The molecule has 0 atom stereocenters. The van der Waals surface area contributed by atoms with Crippen molar-refractivity contribution in [2.24, 2.45) is 0 Å². The third-order valence-corrected chi connectivity index (χ3v) is 4.81. The first-order valence-electron chi connectivity index (χ1n) is 8.95. The smallest absolute Gasteiger partial charge is 0.257 e. The lowest BCUT2D eigenvalue weighted by molar-refractivity contribution is 0.0977. The van der Waals surface area contributed by atoms with Gasteiger partial charge in [0.2, 0.25) is 5.89 Å². The van der Waals surface area contributed by atoms with Crippen LogP contribution in [0.3, 0.4) is 0 Å². The standard InChI is InChI=1S/C22H16ClN3O3S/c1-28-18-9-7-14(11-16(18)23)21-25-17-12-15(8-10-19(17)29-21)24-22(30)26-20(27)13-5-3-2-4-6-13/h2-12H,1H3,(H2,24,26,27,30). The number of oxazole rings is 1. The molecule has 1 aromatic heterocycles. The van der Waals surface area contributed by atoms with E-state index in [4.69, 9.17) is 33.0 Å². The summed E-state index contributed by atoms with van der Waals surface area (Å²) >= 11 is 11.4. The van der Waals surface area contributed by atoms with Crippen LogP contribution in [-0.4, -0.2) is 23.1 Å². The summed E-state index contributed by atoms with van der Waals surface area (Å²) in [6, 6.07) is 19.5. The van der Waals surface area contributed by atoms with Crippen LogP contribution in [0.5, 0.6) is 5.75 Å². The molecule has 0 saturated heterocycles. The largest absolute Gasteiger partial charge is 0.495 e. The number of ether oxygens (including phenoxy) is 1. The van der Waals surface area contributed by atoms with Crippen LogP contribution in [-0.2, 0) is 0 Å². The van der Waals surface area contributed by atoms with Crippen LogP contribution in [0.1, 0.15) is 10.4 Å². The molecule has 30 heavy (non-hydrogen) atoms. The van der Waals surface area contributed by atoms with Crippen molar-refractivity contribution in [3.8, 4) is 17.2 Å². The predicted molar refractivity (Wildman–Crippen MR) is 121 cm³/mol. The maximum Gasteiger partial charge on any atom is 0.257 e. The summed E-state index contributed by atoms with van der Waals surface area (Å²) in [5, 5.41) is 6.30. The zero-order valence-electron chi connectivity index (χ0n) is 15.8. The molecule has 1 heterocycles. The van der Waals surface area contributed by atoms with Crippen LogP contribution < -0.4 is 15.4 Å². The summed E-state index contributed by atoms with van der Waals surface area (Å²) in [7, 11) is 1.56. The van der Waals surface area contributed by atoms with Gasteiger partial charge >= 0.3 is 0 Å². The molecule has 3 aromatic carbocycles. The maximum atomic E-state index is 12.2. The number of anilines is 1. The van der Waals surface area contributed by atoms with Crippen LogP contribution in [0, 0.1) is 0 Å². The number of nitrogens with one attached hydrogen (secondary N) is 2. The van der Waals surface area contributed by atoms with Gasteiger partial charge in [0.1, 0.15) is 11.3 Å². The Labute approximate surface area is 182 Å². The van der Waals surface area contributed by atoms with Gasteiger partial charge in [-0.3, -0.25) is 10.1 Å². The molecule has 150 valence electrons. The lowest BCUT2D eigenvalue weighted by Gasteiger charge is -2.09. The summed E-state index contributed by atoms with van der Waals surface area (Å²) in [6.07, 6.45) is 0. The van der Waals surface area contributed by atoms with Crippen LogP contribution >= 0.6 is 23.8 Å². The van der Waals surface area contributed by atoms with E-state index < -0.39 is 0 Å². The zero-order chi connectivity index (χ0) is 21.1. The topological polar surface area (TPSA) is 76.4 Å². The van der Waals surface area contributed by atoms with Crippen LogP contribution in [0.15, 0.2) is 71.1 Å². The Morgan fingerprint density at radius 1 is 1.10 bits per heavy atom. The van der Waals surface area contributed by atoms with Crippen LogP contribution in [0.25, 0.3) is 22.6 Å². The molecule has 0 unspecified atom stereocenters. The Kier molecular flexibility index (Phi) is 5.65. The number of halogens is 1. The minimum absolute atomic E-state index is 0.189. The fraction of sp³-hybridized carbons (Fsp3) is 0.0455. The summed E-state index contributed by atoms with van der Waals surface area (Å²) in [4.78, 5) is 16.7. The van der Waals surface area contributed by atoms with Gasteiger partial charge in [-0.1, -0.05) is 29.8 Å². The Bertz CT molecular complexity index is 1240. The molecule has 0 aliphatic heterocycles. The van der Waals surface area contributed by atoms with Crippen molar-refractivity contribution in [2.75, 3.05) is 12.4 Å². The van der Waals surface area contributed by atoms with Crippen molar-refractivity contribution in [3.63, 3.8) is 0 Å². The zero-order valence-corrected chi connectivity index (χ0v) is 17.4. The van der Waals surface area contributed by atoms with Crippen LogP contribution in [0.4, 0.5) is 5.69 Å². The second kappa shape index (κ2) is 8.52. The Morgan fingerprint density at radius 3 is 2.63 bits per heavy atom. The van der Waals surface area contributed by atoms with Gasteiger partial charge in [-0.15, -0.1) is 0 Å². The molecule has 0 aliphatic rings. The van der Waals surface area contributed by atoms with Gasteiger partial charge in [-0.05, 0) is 60.7 Å². The van der Waals surface area contributed by atoms with E-state index in [0.29, 0.717) is 39.0 Å². The predicted octanol–water partition coefficient (Wildman–Crippen LogP) is 5.28. The Morgan fingerprint density at radius 2 is 1.90 bits per heavy atom. The highest BCUT2D eigenvalue weighted by Crippen LogP contribution is 2.32. The van der Waals surface area contributed by atoms with Gasteiger partial charge in [0.15, 0.2) is 10.7 Å². The van der Waals surface area contributed by atoms with Gasteiger partial charge in [-0.25, -0.2) is 4.98 Å². The summed E-state index contributed by atoms with van der Waals surface area (Å²) in [5.41, 5.74) is 3.18. The first kappa shape index (κ1) is 19.9. The number of nitrogens with zero attached hydrogens (tertiary/aromatic N) is 1. The van der Waals surface area contributed by atoms with Gasteiger partial charge in [0.25, 0.3) is 5.91 Å². The monoisotopic (exact) mass is 437 g/mol. The van der Waals surface area contributed by atoms with Gasteiger partial charge in [0.05, 0.1) is 12.1 Å². The summed E-state index contributed by atoms with van der Waals surface area (Å²) < 4.78 is 11.0. The van der Waals surface area contributed by atoms with Gasteiger partial charge in [-0.2, -0.15) is 0 Å². The van der Waals surface area contributed by atoms with Crippen molar-refractivity contribution < 1.29 is 13.9 Å². The fourth-order valence-corrected chi connectivity index (χ4v) is 3.32. The number of hydrogen-bond donors (Lipinski definition) is 2. The van der Waals surface area contributed by atoms with Gasteiger partial charge < -0.3 is 14.5 Å². The third-order valence-electron chi connectivity index (χ3n) is 4.31. The molecule has 0 spiro atoms. The molecule has 0 saturated carbocycles. The minimum atomic E-state index is -0.283. The SMILES string of the molecule is COc1ccc(-c2nc3cc(NC(=S)NC(=O)c4ccccc4)ccc3o2)cc1Cl. The van der Waals surface area contributed by atoms with Gasteiger partial charge in [0, 0.05) is 16.8 Å². The molecule has 0 fully saturated rings. The lowest BCUT2D eigenvalue weighted by Crippen LogP contribution is -2.34. The highest BCUT2D eigenvalue weighted by molar-refractivity contribution is 7.80. The highest BCUT2D eigenvalue weighted by atomic mass is 35.5. The van der Waals surface area contributed by atoms with Crippen molar-refractivity contribution in [3.05, 3.63) is 77.3 Å². The van der Waals surface area contributed by atoms with E-state index in [1.165, 1.54) is 0 Å². The molecule has 4 rings (SSSR count). The Hall–Kier alpha value is -3.42. The fourth-order valence-electron chi connectivity index (χ4n) is 2.86. The molecule has 8 heteroatoms. The number of fused-ring (bicyclic) bond motifs is 1. The molecular weight excluding hydrogens is 422 g/mol.